The highest BCUT2D eigenvalue weighted by molar-refractivity contribution is 6.00. The van der Waals surface area contributed by atoms with Crippen molar-refractivity contribution in [2.75, 3.05) is 13.1 Å². The van der Waals surface area contributed by atoms with E-state index in [2.05, 4.69) is 15.5 Å². The molecule has 3 fully saturated rings. The number of hydrogen-bond acceptors (Lipinski definition) is 6. The van der Waals surface area contributed by atoms with Gasteiger partial charge in [-0.25, -0.2) is 9.59 Å². The summed E-state index contributed by atoms with van der Waals surface area (Å²) in [5.74, 6) is -0.726. The minimum absolute atomic E-state index is 0.0388. The zero-order valence-electron chi connectivity index (χ0n) is 21.1. The third-order valence-corrected chi connectivity index (χ3v) is 8.00. The molecular formula is C26H35N5O6. The lowest BCUT2D eigenvalue weighted by Crippen LogP contribution is -2.44. The number of aromatic nitrogens is 2. The van der Waals surface area contributed by atoms with Crippen molar-refractivity contribution in [2.45, 2.75) is 82.2 Å². The largest absolute Gasteiger partial charge is 0.465 e. The van der Waals surface area contributed by atoms with E-state index in [1.165, 1.54) is 4.57 Å². The van der Waals surface area contributed by atoms with Crippen molar-refractivity contribution in [1.29, 1.82) is 0 Å². The number of amides is 3. The second-order valence-corrected chi connectivity index (χ2v) is 10.5. The van der Waals surface area contributed by atoms with Gasteiger partial charge in [0.2, 0.25) is 11.8 Å². The number of nitrogens with one attached hydrogen (secondary N) is 2. The van der Waals surface area contributed by atoms with Crippen LogP contribution in [0.25, 0.3) is 11.0 Å². The van der Waals surface area contributed by atoms with Gasteiger partial charge in [0.1, 0.15) is 6.04 Å². The summed E-state index contributed by atoms with van der Waals surface area (Å²) in [4.78, 5) is 50.2. The van der Waals surface area contributed by atoms with Crippen molar-refractivity contribution in [1.82, 2.24) is 24.7 Å². The second-order valence-electron chi connectivity index (χ2n) is 10.5. The van der Waals surface area contributed by atoms with Gasteiger partial charge in [-0.2, -0.15) is 0 Å². The van der Waals surface area contributed by atoms with E-state index in [-0.39, 0.29) is 36.3 Å². The Hall–Kier alpha value is -3.18. The van der Waals surface area contributed by atoms with Crippen LogP contribution in [0.15, 0.2) is 23.0 Å². The molecule has 1 atom stereocenters. The Morgan fingerprint density at radius 3 is 2.41 bits per heavy atom. The van der Waals surface area contributed by atoms with Gasteiger partial charge in [0.15, 0.2) is 0 Å². The van der Waals surface area contributed by atoms with Crippen LogP contribution in [0, 0.1) is 0 Å². The molecule has 0 bridgehead atoms. The Morgan fingerprint density at radius 2 is 1.73 bits per heavy atom. The number of carbonyl (C=O) groups is 3. The molecule has 2 saturated heterocycles. The lowest BCUT2D eigenvalue weighted by molar-refractivity contribution is -0.135. The number of nitrogens with zero attached hydrogens (tertiary/aromatic N) is 3. The zero-order chi connectivity index (χ0) is 26.1. The van der Waals surface area contributed by atoms with Crippen LogP contribution in [0.1, 0.15) is 63.0 Å². The summed E-state index contributed by atoms with van der Waals surface area (Å²) in [7, 11) is 1.71. The number of aryl methyl sites for hydroxylation is 1. The number of hydrogen-bond donors (Lipinski definition) is 3. The maximum absolute atomic E-state index is 13.0. The summed E-state index contributed by atoms with van der Waals surface area (Å²) in [6.07, 6.45) is 5.38. The monoisotopic (exact) mass is 513 g/mol. The van der Waals surface area contributed by atoms with E-state index in [1.807, 2.05) is 18.2 Å². The van der Waals surface area contributed by atoms with Crippen LogP contribution < -0.4 is 16.3 Å². The molecule has 200 valence electrons. The Kier molecular flexibility index (Phi) is 7.34. The number of benzene rings is 1. The van der Waals surface area contributed by atoms with E-state index < -0.39 is 18.0 Å². The quantitative estimate of drug-likeness (QED) is 0.502. The predicted molar refractivity (Wildman–Crippen MR) is 135 cm³/mol. The molecule has 1 aromatic heterocycles. The number of piperidine rings is 2. The third-order valence-electron chi connectivity index (χ3n) is 8.00. The lowest BCUT2D eigenvalue weighted by atomic mass is 9.92. The maximum atomic E-state index is 13.0. The molecule has 2 aromatic rings. The van der Waals surface area contributed by atoms with Crippen LogP contribution in [-0.4, -0.2) is 68.4 Å². The first-order valence-corrected chi connectivity index (χ1v) is 13.2. The number of carbonyl (C=O) groups excluding carboxylic acids is 2. The molecule has 0 radical (unpaired) electrons. The Balaban J connectivity index is 1.17. The molecule has 2 aliphatic heterocycles. The number of fused-ring (bicyclic) bond motifs is 1. The van der Waals surface area contributed by atoms with E-state index in [0.29, 0.717) is 11.9 Å². The number of ether oxygens (including phenoxy) is 1. The molecule has 0 spiro atoms. The number of carboxylic acid groups (broad SMARTS) is 1. The molecular weight excluding hydrogens is 478 g/mol. The molecule has 1 aromatic carbocycles. The van der Waals surface area contributed by atoms with E-state index >= 15 is 0 Å². The van der Waals surface area contributed by atoms with Gasteiger partial charge in [0, 0.05) is 39.1 Å². The average Bonchev–Trinajstić information content (AvgIpc) is 3.11. The highest BCUT2D eigenvalue weighted by Gasteiger charge is 2.31. The topological polar surface area (TPSA) is 135 Å². The van der Waals surface area contributed by atoms with E-state index in [1.54, 1.807) is 11.6 Å². The van der Waals surface area contributed by atoms with Crippen LogP contribution >= 0.6 is 0 Å². The van der Waals surface area contributed by atoms with Gasteiger partial charge in [0.05, 0.1) is 23.2 Å². The van der Waals surface area contributed by atoms with Gasteiger partial charge >= 0.3 is 11.8 Å². The molecule has 11 nitrogen and oxygen atoms in total. The summed E-state index contributed by atoms with van der Waals surface area (Å²) >= 11 is 0. The summed E-state index contributed by atoms with van der Waals surface area (Å²) in [6, 6.07) is 5.29. The summed E-state index contributed by atoms with van der Waals surface area (Å²) in [5.41, 5.74) is 2.32. The molecule has 3 amide bonds. The molecule has 11 heteroatoms. The fourth-order valence-electron chi connectivity index (χ4n) is 5.99. The zero-order valence-corrected chi connectivity index (χ0v) is 21.1. The summed E-state index contributed by atoms with van der Waals surface area (Å²) in [6.45, 7) is 2.62. The molecule has 3 heterocycles. The third kappa shape index (κ3) is 5.57. The van der Waals surface area contributed by atoms with Gasteiger partial charge in [-0.1, -0.05) is 6.07 Å². The average molecular weight is 514 g/mol. The first-order chi connectivity index (χ1) is 17.8. The van der Waals surface area contributed by atoms with Crippen molar-refractivity contribution in [2.24, 2.45) is 7.05 Å². The first kappa shape index (κ1) is 25.5. The predicted octanol–water partition coefficient (Wildman–Crippen LogP) is 1.88. The fourth-order valence-corrected chi connectivity index (χ4v) is 5.99. The van der Waals surface area contributed by atoms with Gasteiger partial charge in [-0.05, 0) is 62.6 Å². The van der Waals surface area contributed by atoms with Crippen molar-refractivity contribution in [3.63, 3.8) is 0 Å². The normalized spacial score (nSPS) is 25.8. The molecule has 1 aliphatic carbocycles. The molecule has 37 heavy (non-hydrogen) atoms. The van der Waals surface area contributed by atoms with Crippen molar-refractivity contribution >= 4 is 28.9 Å². The fraction of sp³-hybridized carbons (Fsp3) is 0.615. The van der Waals surface area contributed by atoms with Gasteiger partial charge in [0.25, 0.3) is 0 Å². The Labute approximate surface area is 214 Å². The smallest absolute Gasteiger partial charge is 0.404 e. The van der Waals surface area contributed by atoms with Gasteiger partial charge < -0.3 is 15.2 Å². The van der Waals surface area contributed by atoms with Crippen LogP contribution in [-0.2, 0) is 27.9 Å². The van der Waals surface area contributed by atoms with E-state index in [0.717, 1.165) is 69.2 Å². The standard InChI is InChI=1S/C26H35N5O6/c1-29-22-14-16(2-7-20(22)31(26(29)36)21-8-9-23(32)28-24(21)33)15-30-12-10-19(11-13-30)37-18-5-3-17(4-6-18)27-25(34)35/h2,7,14,17-19,21,27H,3-6,8-13,15H2,1H3,(H,34,35)(H,28,32,33). The SMILES string of the molecule is Cn1c(=O)n(C2CCC(=O)NC2=O)c2ccc(CN3CCC(OC4CCC(NC(=O)O)CC4)CC3)cc21. The molecule has 1 saturated carbocycles. The minimum atomic E-state index is -0.954. The Bertz CT molecular complexity index is 1240. The highest BCUT2D eigenvalue weighted by Crippen LogP contribution is 2.27. The molecule has 5 rings (SSSR count). The van der Waals surface area contributed by atoms with Crippen LogP contribution in [0.2, 0.25) is 0 Å². The van der Waals surface area contributed by atoms with Gasteiger partial charge in [-0.3, -0.25) is 28.9 Å². The Morgan fingerprint density at radius 1 is 1.03 bits per heavy atom. The molecule has 3 N–H and O–H groups in total. The molecule has 1 unspecified atom stereocenters. The summed E-state index contributed by atoms with van der Waals surface area (Å²) in [5, 5.41) is 13.8. The van der Waals surface area contributed by atoms with Gasteiger partial charge in [-0.15, -0.1) is 0 Å². The first-order valence-electron chi connectivity index (χ1n) is 13.2. The van der Waals surface area contributed by atoms with Crippen molar-refractivity contribution < 1.29 is 24.2 Å². The number of rotatable bonds is 6. The van der Waals surface area contributed by atoms with Crippen LogP contribution in [0.4, 0.5) is 4.79 Å². The van der Waals surface area contributed by atoms with Crippen LogP contribution in [0.3, 0.4) is 0 Å². The van der Waals surface area contributed by atoms with E-state index in [9.17, 15) is 19.2 Å². The van der Waals surface area contributed by atoms with Crippen molar-refractivity contribution in [3.05, 3.63) is 34.2 Å². The highest BCUT2D eigenvalue weighted by atomic mass is 16.5. The maximum Gasteiger partial charge on any atom is 0.404 e. The lowest BCUT2D eigenvalue weighted by Gasteiger charge is -2.36. The van der Waals surface area contributed by atoms with Crippen molar-refractivity contribution in [3.8, 4) is 0 Å². The number of imide groups is 1. The number of imidazole rings is 1. The van der Waals surface area contributed by atoms with E-state index in [4.69, 9.17) is 9.84 Å². The minimum Gasteiger partial charge on any atom is -0.465 e. The van der Waals surface area contributed by atoms with Crippen LogP contribution in [0.5, 0.6) is 0 Å². The molecule has 3 aliphatic rings. The number of likely N-dealkylation sites (tertiary alicyclic amines) is 1. The second kappa shape index (κ2) is 10.7. The summed E-state index contributed by atoms with van der Waals surface area (Å²) < 4.78 is 9.43.